The summed E-state index contributed by atoms with van der Waals surface area (Å²) in [6, 6.07) is 14.0. The average Bonchev–Trinajstić information content (AvgIpc) is 3.31. The lowest BCUT2D eigenvalue weighted by Crippen LogP contribution is -2.48. The van der Waals surface area contributed by atoms with E-state index >= 15 is 0 Å². The molecule has 1 spiro atoms. The molecule has 6 heteroatoms. The first-order valence-corrected chi connectivity index (χ1v) is 9.60. The maximum Gasteiger partial charge on any atom is 0.257 e. The molecule has 5 rings (SSSR count). The number of ether oxygens (including phenoxy) is 1. The predicted octanol–water partition coefficient (Wildman–Crippen LogP) is 3.05. The minimum Gasteiger partial charge on any atom is -0.343 e. The zero-order chi connectivity index (χ0) is 19.5. The first kappa shape index (κ1) is 17.4. The van der Waals surface area contributed by atoms with Gasteiger partial charge in [0.1, 0.15) is 11.9 Å². The third-order valence-electron chi connectivity index (χ3n) is 6.22. The first-order valence-electron chi connectivity index (χ1n) is 9.60. The number of carbonyl (C=O) groups excluding carboxylic acids is 2. The van der Waals surface area contributed by atoms with Crippen LogP contribution >= 0.6 is 0 Å². The average molecular weight is 380 g/mol. The number of benzene rings is 2. The molecular weight excluding hydrogens is 359 g/mol. The summed E-state index contributed by atoms with van der Waals surface area (Å²) < 4.78 is 20.8. The zero-order valence-corrected chi connectivity index (χ0v) is 15.6. The molecule has 0 radical (unpaired) electrons. The number of aryl methyl sites for hydroxylation is 1. The summed E-state index contributed by atoms with van der Waals surface area (Å²) in [6.45, 7) is 2.72. The van der Waals surface area contributed by atoms with Crippen molar-refractivity contribution in [3.63, 3.8) is 0 Å². The van der Waals surface area contributed by atoms with Crippen molar-refractivity contribution in [2.45, 2.75) is 37.6 Å². The maximum absolute atomic E-state index is 14.4. The number of halogens is 1. The maximum atomic E-state index is 14.4. The van der Waals surface area contributed by atoms with Crippen molar-refractivity contribution in [3.05, 3.63) is 71.0 Å². The molecule has 144 valence electrons. The highest BCUT2D eigenvalue weighted by atomic mass is 19.1. The molecule has 3 heterocycles. The molecule has 0 saturated carbocycles. The highest BCUT2D eigenvalue weighted by Gasteiger charge is 2.65. The van der Waals surface area contributed by atoms with Gasteiger partial charge >= 0.3 is 0 Å². The van der Waals surface area contributed by atoms with E-state index in [1.165, 1.54) is 12.1 Å². The smallest absolute Gasteiger partial charge is 0.257 e. The minimum atomic E-state index is -0.797. The van der Waals surface area contributed by atoms with E-state index in [4.69, 9.17) is 4.74 Å². The molecule has 3 fully saturated rings. The summed E-state index contributed by atoms with van der Waals surface area (Å²) in [5.74, 6) is -0.910. The van der Waals surface area contributed by atoms with Crippen LogP contribution in [-0.2, 0) is 9.53 Å². The summed E-state index contributed by atoms with van der Waals surface area (Å²) in [6.07, 6.45) is 0.561. The van der Waals surface area contributed by atoms with Crippen molar-refractivity contribution in [2.75, 3.05) is 13.1 Å². The number of carbonyl (C=O) groups is 2. The number of rotatable bonds is 2. The summed E-state index contributed by atoms with van der Waals surface area (Å²) in [7, 11) is 0. The Morgan fingerprint density at radius 2 is 2.00 bits per heavy atom. The van der Waals surface area contributed by atoms with Crippen molar-refractivity contribution >= 4 is 11.8 Å². The highest BCUT2D eigenvalue weighted by Crippen LogP contribution is 2.50. The summed E-state index contributed by atoms with van der Waals surface area (Å²) in [4.78, 5) is 29.2. The van der Waals surface area contributed by atoms with Crippen LogP contribution in [0.15, 0.2) is 48.5 Å². The fraction of sp³-hybridized carbons (Fsp3) is 0.364. The topological polar surface area (TPSA) is 49.9 Å². The standard InChI is InChI=1S/C22H21FN2O3/c1-14-7-8-16(17(23)11-14)21(27)24-10-9-22-19(24)12-20(26)25(22)13-18(28-22)15-5-3-2-4-6-15/h2-8,11,18-19H,9-10,12-13H2,1H3/t18-,19-,22+/m1/s1. The van der Waals surface area contributed by atoms with Gasteiger partial charge in [-0.05, 0) is 30.2 Å². The third-order valence-corrected chi connectivity index (χ3v) is 6.22. The van der Waals surface area contributed by atoms with Gasteiger partial charge in [-0.3, -0.25) is 9.59 Å². The van der Waals surface area contributed by atoms with Gasteiger partial charge in [0.15, 0.2) is 5.72 Å². The minimum absolute atomic E-state index is 0.00897. The predicted molar refractivity (Wildman–Crippen MR) is 99.9 cm³/mol. The van der Waals surface area contributed by atoms with Gasteiger partial charge in [-0.2, -0.15) is 0 Å². The molecule has 3 saturated heterocycles. The Balaban J connectivity index is 1.45. The van der Waals surface area contributed by atoms with Crippen LogP contribution in [0.5, 0.6) is 0 Å². The van der Waals surface area contributed by atoms with Crippen LogP contribution in [0.3, 0.4) is 0 Å². The van der Waals surface area contributed by atoms with Gasteiger partial charge in [0.05, 0.1) is 24.6 Å². The van der Waals surface area contributed by atoms with Crippen molar-refractivity contribution in [2.24, 2.45) is 0 Å². The number of nitrogens with zero attached hydrogens (tertiary/aromatic N) is 2. The Labute approximate surface area is 162 Å². The normalized spacial score (nSPS) is 28.6. The van der Waals surface area contributed by atoms with Gasteiger partial charge in [-0.15, -0.1) is 0 Å². The van der Waals surface area contributed by atoms with E-state index in [-0.39, 0.29) is 35.9 Å². The van der Waals surface area contributed by atoms with Gasteiger partial charge in [0, 0.05) is 13.0 Å². The number of hydrogen-bond acceptors (Lipinski definition) is 3. The van der Waals surface area contributed by atoms with Crippen LogP contribution in [-0.4, -0.2) is 46.5 Å². The van der Waals surface area contributed by atoms with Crippen LogP contribution in [0, 0.1) is 12.7 Å². The lowest BCUT2D eigenvalue weighted by molar-refractivity contribution is -0.138. The van der Waals surface area contributed by atoms with E-state index in [0.29, 0.717) is 19.5 Å². The SMILES string of the molecule is Cc1ccc(C(=O)N2CC[C@@]34O[C@@H](c5ccccc5)CN3C(=O)C[C@@H]24)c(F)c1. The molecule has 3 aliphatic heterocycles. The second kappa shape index (κ2) is 6.14. The van der Waals surface area contributed by atoms with Crippen LogP contribution in [0.4, 0.5) is 4.39 Å². The lowest BCUT2D eigenvalue weighted by Gasteiger charge is -2.32. The van der Waals surface area contributed by atoms with E-state index in [1.54, 1.807) is 22.8 Å². The second-order valence-corrected chi connectivity index (χ2v) is 7.82. The van der Waals surface area contributed by atoms with Crippen molar-refractivity contribution in [1.82, 2.24) is 9.80 Å². The first-order chi connectivity index (χ1) is 13.5. The Bertz CT molecular complexity index is 964. The Morgan fingerprint density at radius 3 is 2.75 bits per heavy atom. The molecule has 28 heavy (non-hydrogen) atoms. The van der Waals surface area contributed by atoms with Crippen molar-refractivity contribution in [3.8, 4) is 0 Å². The fourth-order valence-corrected chi connectivity index (χ4v) is 4.86. The van der Waals surface area contributed by atoms with Gasteiger partial charge in [-0.25, -0.2) is 4.39 Å². The highest BCUT2D eigenvalue weighted by molar-refractivity contribution is 5.96. The molecule has 2 aromatic carbocycles. The molecule has 5 nitrogen and oxygen atoms in total. The summed E-state index contributed by atoms with van der Waals surface area (Å²) in [5.41, 5.74) is 1.03. The summed E-state index contributed by atoms with van der Waals surface area (Å²) >= 11 is 0. The largest absolute Gasteiger partial charge is 0.343 e. The molecule has 0 bridgehead atoms. The van der Waals surface area contributed by atoms with Gasteiger partial charge < -0.3 is 14.5 Å². The van der Waals surface area contributed by atoms with Gasteiger partial charge in [-0.1, -0.05) is 36.4 Å². The Morgan fingerprint density at radius 1 is 1.21 bits per heavy atom. The van der Waals surface area contributed by atoms with Crippen LogP contribution in [0.1, 0.15) is 40.4 Å². The number of likely N-dealkylation sites (tertiary alicyclic amines) is 1. The van der Waals surface area contributed by atoms with Crippen LogP contribution in [0.2, 0.25) is 0 Å². The molecule has 0 N–H and O–H groups in total. The van der Waals surface area contributed by atoms with Crippen LogP contribution < -0.4 is 0 Å². The molecule has 2 amide bonds. The fourth-order valence-electron chi connectivity index (χ4n) is 4.86. The monoisotopic (exact) mass is 380 g/mol. The molecule has 0 aliphatic carbocycles. The Hall–Kier alpha value is -2.73. The van der Waals surface area contributed by atoms with E-state index < -0.39 is 11.5 Å². The molecule has 2 aromatic rings. The van der Waals surface area contributed by atoms with Gasteiger partial charge in [0.2, 0.25) is 5.91 Å². The van der Waals surface area contributed by atoms with Crippen molar-refractivity contribution < 1.29 is 18.7 Å². The number of amides is 2. The van der Waals surface area contributed by atoms with E-state index in [0.717, 1.165) is 11.1 Å². The summed E-state index contributed by atoms with van der Waals surface area (Å²) in [5, 5.41) is 0. The van der Waals surface area contributed by atoms with Crippen LogP contribution in [0.25, 0.3) is 0 Å². The Kier molecular flexibility index (Phi) is 3.81. The zero-order valence-electron chi connectivity index (χ0n) is 15.6. The molecule has 0 aromatic heterocycles. The second-order valence-electron chi connectivity index (χ2n) is 7.82. The third kappa shape index (κ3) is 2.41. The van der Waals surface area contributed by atoms with Crippen molar-refractivity contribution in [1.29, 1.82) is 0 Å². The number of hydrogen-bond donors (Lipinski definition) is 0. The quantitative estimate of drug-likeness (QED) is 0.805. The molecule has 0 unspecified atom stereocenters. The molecular formula is C22H21FN2O3. The van der Waals surface area contributed by atoms with E-state index in [2.05, 4.69) is 0 Å². The molecule has 3 atom stereocenters. The van der Waals surface area contributed by atoms with E-state index in [1.807, 2.05) is 30.3 Å². The molecule has 3 aliphatic rings. The van der Waals surface area contributed by atoms with E-state index in [9.17, 15) is 14.0 Å². The lowest BCUT2D eigenvalue weighted by atomic mass is 10.0. The van der Waals surface area contributed by atoms with Gasteiger partial charge in [0.25, 0.3) is 5.91 Å².